The van der Waals surface area contributed by atoms with Gasteiger partial charge in [0.15, 0.2) is 0 Å². The molecule has 0 saturated carbocycles. The molecule has 10 nitrogen and oxygen atoms in total. The van der Waals surface area contributed by atoms with Gasteiger partial charge in [-0.1, -0.05) is 29.8 Å². The van der Waals surface area contributed by atoms with Crippen LogP contribution in [-0.2, 0) is 28.5 Å². The summed E-state index contributed by atoms with van der Waals surface area (Å²) in [6.07, 6.45) is 0. The summed E-state index contributed by atoms with van der Waals surface area (Å²) in [7, 11) is -2.78. The van der Waals surface area contributed by atoms with E-state index in [1.807, 2.05) is 17.7 Å². The molecule has 0 aliphatic rings. The van der Waals surface area contributed by atoms with Crippen molar-refractivity contribution in [3.05, 3.63) is 86.5 Å². The van der Waals surface area contributed by atoms with E-state index in [9.17, 15) is 22.4 Å². The Bertz CT molecular complexity index is 1740. The first-order chi connectivity index (χ1) is 18.4. The summed E-state index contributed by atoms with van der Waals surface area (Å²) < 4.78 is 47.7. The Morgan fingerprint density at radius 1 is 1.15 bits per heavy atom. The minimum Gasteiger partial charge on any atom is -0.460 e. The van der Waals surface area contributed by atoms with E-state index in [0.717, 1.165) is 12.5 Å². The van der Waals surface area contributed by atoms with E-state index in [2.05, 4.69) is 15.3 Å². The Morgan fingerprint density at radius 2 is 1.85 bits per heavy atom. The lowest BCUT2D eigenvalue weighted by Gasteiger charge is -2.20. The number of sulfonamides is 1. The number of nitrogens with one attached hydrogen (secondary N) is 2. The van der Waals surface area contributed by atoms with E-state index >= 15 is 0 Å². The molecule has 0 spiro atoms. The Labute approximate surface area is 228 Å². The van der Waals surface area contributed by atoms with Crippen molar-refractivity contribution in [2.24, 2.45) is 7.05 Å². The predicted molar refractivity (Wildman–Crippen MR) is 145 cm³/mol. The van der Waals surface area contributed by atoms with Crippen molar-refractivity contribution < 1.29 is 22.3 Å². The van der Waals surface area contributed by atoms with Gasteiger partial charge in [0.1, 0.15) is 17.6 Å². The van der Waals surface area contributed by atoms with Crippen LogP contribution in [-0.4, -0.2) is 28.9 Å². The maximum absolute atomic E-state index is 13.2. The molecule has 0 fully saturated rings. The highest BCUT2D eigenvalue weighted by Crippen LogP contribution is 2.30. The van der Waals surface area contributed by atoms with Gasteiger partial charge in [-0.2, -0.15) is 13.4 Å². The first-order valence-electron chi connectivity index (χ1n) is 11.7. The molecule has 2 N–H and O–H groups in total. The first-order valence-corrected chi connectivity index (χ1v) is 13.6. The minimum absolute atomic E-state index is 0.0520. The third-order valence-corrected chi connectivity index (χ3v) is 7.38. The van der Waals surface area contributed by atoms with Crippen molar-refractivity contribution in [2.75, 3.05) is 5.32 Å². The molecule has 2 aromatic carbocycles. The summed E-state index contributed by atoms with van der Waals surface area (Å²) in [6, 6.07) is 11.6. The molecule has 1 atom stereocenters. The van der Waals surface area contributed by atoms with E-state index in [-0.39, 0.29) is 34.8 Å². The molecule has 0 aliphatic carbocycles. The fourth-order valence-corrected chi connectivity index (χ4v) is 5.31. The van der Waals surface area contributed by atoms with E-state index in [1.165, 1.54) is 35.9 Å². The van der Waals surface area contributed by atoms with E-state index in [1.54, 1.807) is 25.1 Å². The average molecular weight is 574 g/mol. The van der Waals surface area contributed by atoms with Crippen LogP contribution in [0.15, 0.2) is 58.4 Å². The summed E-state index contributed by atoms with van der Waals surface area (Å²) in [5.41, 5.74) is 2.16. The maximum atomic E-state index is 13.2. The molecule has 13 heteroatoms. The summed E-state index contributed by atoms with van der Waals surface area (Å²) in [4.78, 5) is 33.2. The van der Waals surface area contributed by atoms with E-state index in [4.69, 9.17) is 16.3 Å². The molecule has 0 unspecified atom stereocenters. The number of anilines is 1. The fraction of sp³-hybridized carbons (Fsp3) is 0.231. The molecule has 204 valence electrons. The van der Waals surface area contributed by atoms with Crippen molar-refractivity contribution >= 4 is 44.1 Å². The second kappa shape index (κ2) is 11.0. The van der Waals surface area contributed by atoms with Crippen molar-refractivity contribution in [3.8, 4) is 6.01 Å². The molecule has 0 saturated heterocycles. The van der Waals surface area contributed by atoms with Crippen LogP contribution in [0.4, 0.5) is 10.1 Å². The lowest BCUT2D eigenvalue weighted by atomic mass is 10.0. The Hall–Kier alpha value is -4.03. The topological polar surface area (TPSA) is 132 Å². The second-order valence-corrected chi connectivity index (χ2v) is 10.9. The Kier molecular flexibility index (Phi) is 7.89. The summed E-state index contributed by atoms with van der Waals surface area (Å²) >= 11 is 5.95. The van der Waals surface area contributed by atoms with Gasteiger partial charge in [-0.05, 0) is 55.3 Å². The van der Waals surface area contributed by atoms with Crippen LogP contribution in [0, 0.1) is 12.7 Å². The molecular formula is C26H25ClFN5O5S. The van der Waals surface area contributed by atoms with Crippen molar-refractivity contribution in [2.45, 2.75) is 38.4 Å². The maximum Gasteiger partial charge on any atom is 0.299 e. The van der Waals surface area contributed by atoms with Crippen molar-refractivity contribution in [1.29, 1.82) is 0 Å². The third-order valence-electron chi connectivity index (χ3n) is 5.79. The normalized spacial score (nSPS) is 12.3. The zero-order chi connectivity index (χ0) is 28.5. The zero-order valence-electron chi connectivity index (χ0n) is 21.5. The van der Waals surface area contributed by atoms with Crippen LogP contribution in [0.1, 0.15) is 36.6 Å². The second-order valence-electron chi connectivity index (χ2n) is 8.94. The number of aryl methyl sites for hydroxylation is 1. The smallest absolute Gasteiger partial charge is 0.299 e. The number of pyridine rings is 1. The largest absolute Gasteiger partial charge is 0.460 e. The number of benzene rings is 2. The van der Waals surface area contributed by atoms with Crippen molar-refractivity contribution in [3.63, 3.8) is 0 Å². The van der Waals surface area contributed by atoms with Gasteiger partial charge in [-0.25, -0.2) is 14.1 Å². The number of fused-ring (bicyclic) bond motifs is 1. The number of amides is 1. The lowest BCUT2D eigenvalue weighted by molar-refractivity contribution is -0.117. The highest BCUT2D eigenvalue weighted by molar-refractivity contribution is 7.90. The highest BCUT2D eigenvalue weighted by Gasteiger charge is 2.25. The number of ether oxygens (including phenoxy) is 1. The number of carbonyl (C=O) groups excluding carboxylic acids is 1. The molecular weight excluding hydrogens is 549 g/mol. The molecule has 4 rings (SSSR count). The van der Waals surface area contributed by atoms with E-state index < -0.39 is 27.0 Å². The molecule has 0 bridgehead atoms. The molecule has 4 aromatic rings. The molecule has 2 heterocycles. The number of aromatic nitrogens is 3. The molecule has 0 radical (unpaired) electrons. The monoisotopic (exact) mass is 573 g/mol. The minimum atomic E-state index is -4.32. The third kappa shape index (κ3) is 6.18. The highest BCUT2D eigenvalue weighted by atomic mass is 35.5. The molecule has 1 amide bonds. The quantitative estimate of drug-likeness (QED) is 0.302. The van der Waals surface area contributed by atoms with Gasteiger partial charge in [-0.15, -0.1) is 0 Å². The van der Waals surface area contributed by atoms with Crippen molar-refractivity contribution in [1.82, 2.24) is 19.3 Å². The fourth-order valence-electron chi connectivity index (χ4n) is 4.00. The zero-order valence-corrected chi connectivity index (χ0v) is 23.0. The van der Waals surface area contributed by atoms with E-state index in [0.29, 0.717) is 22.0 Å². The summed E-state index contributed by atoms with van der Waals surface area (Å²) in [6.45, 7) is 4.71. The van der Waals surface area contributed by atoms with Gasteiger partial charge >= 0.3 is 0 Å². The van der Waals surface area contributed by atoms with Crippen LogP contribution < -0.4 is 20.3 Å². The van der Waals surface area contributed by atoms with Crippen LogP contribution in [0.2, 0.25) is 5.15 Å². The molecule has 0 aliphatic heterocycles. The number of nitrogens with zero attached hydrogens (tertiary/aromatic N) is 3. The number of hydrogen-bond donors (Lipinski definition) is 2. The van der Waals surface area contributed by atoms with Gasteiger partial charge in [0.05, 0.1) is 22.6 Å². The van der Waals surface area contributed by atoms with Crippen LogP contribution in [0.3, 0.4) is 0 Å². The Balaban J connectivity index is 1.75. The van der Waals surface area contributed by atoms with Crippen LogP contribution in [0.25, 0.3) is 10.9 Å². The van der Waals surface area contributed by atoms with Crippen LogP contribution in [0.5, 0.6) is 6.01 Å². The number of rotatable bonds is 8. The summed E-state index contributed by atoms with van der Waals surface area (Å²) in [5, 5.41) is 2.90. The van der Waals surface area contributed by atoms with Crippen LogP contribution >= 0.6 is 11.6 Å². The molecule has 2 aromatic heterocycles. The van der Waals surface area contributed by atoms with Gasteiger partial charge in [0.25, 0.3) is 21.6 Å². The Morgan fingerprint density at radius 3 is 2.51 bits per heavy atom. The molecule has 39 heavy (non-hydrogen) atoms. The number of carbonyl (C=O) groups is 1. The SMILES string of the molecule is CC(=O)NS(=O)(=O)c1nc(Cl)ccc1N[C@H](C)c1cc(C)cc2c(=O)n(C)c(OCc3ccc(F)cc3)nc12. The number of halogens is 2. The predicted octanol–water partition coefficient (Wildman–Crippen LogP) is 4.01. The summed E-state index contributed by atoms with van der Waals surface area (Å²) in [5.74, 6) is -1.16. The van der Waals surface area contributed by atoms with Gasteiger partial charge in [0.2, 0.25) is 10.9 Å². The first kappa shape index (κ1) is 28.0. The van der Waals surface area contributed by atoms with Gasteiger partial charge in [-0.3, -0.25) is 14.2 Å². The van der Waals surface area contributed by atoms with Gasteiger partial charge in [0, 0.05) is 19.5 Å². The average Bonchev–Trinajstić information content (AvgIpc) is 2.86. The lowest BCUT2D eigenvalue weighted by Crippen LogP contribution is -2.30. The number of hydrogen-bond acceptors (Lipinski definition) is 8. The van der Waals surface area contributed by atoms with Gasteiger partial charge < -0.3 is 10.1 Å². The standard InChI is InChI=1S/C26H25ClFN5O5S/c1-14-11-19(15(2)29-21-9-10-22(27)30-24(21)39(36,37)32-16(3)34)23-20(12-14)25(35)33(4)26(31-23)38-13-17-5-7-18(28)8-6-17/h5-12,15,29H,13H2,1-4H3,(H,32,34)/t15-/m1/s1.